The minimum absolute atomic E-state index is 0.0507. The van der Waals surface area contributed by atoms with Crippen molar-refractivity contribution in [3.8, 4) is 5.75 Å². The van der Waals surface area contributed by atoms with Crippen molar-refractivity contribution < 1.29 is 14.7 Å². The van der Waals surface area contributed by atoms with E-state index in [2.05, 4.69) is 24.3 Å². The molecule has 3 aromatic rings. The van der Waals surface area contributed by atoms with Gasteiger partial charge in [-0.3, -0.25) is 9.59 Å². The molecule has 0 spiro atoms. The molecule has 0 unspecified atom stereocenters. The van der Waals surface area contributed by atoms with Crippen LogP contribution in [0.2, 0.25) is 0 Å². The molecule has 0 aromatic heterocycles. The first-order valence-electron chi connectivity index (χ1n) is 9.52. The molecule has 7 rings (SSSR count). The molecule has 0 saturated carbocycles. The van der Waals surface area contributed by atoms with E-state index in [0.29, 0.717) is 0 Å². The summed E-state index contributed by atoms with van der Waals surface area (Å²) in [7, 11) is 0. The van der Waals surface area contributed by atoms with E-state index in [4.69, 9.17) is 0 Å². The highest BCUT2D eigenvalue weighted by Crippen LogP contribution is 2.61. The first-order valence-corrected chi connectivity index (χ1v) is 9.52. The van der Waals surface area contributed by atoms with E-state index in [0.717, 1.165) is 22.3 Å². The molecule has 4 nitrogen and oxygen atoms in total. The fraction of sp³-hybridized carbons (Fsp3) is 0.167. The number of hydrogen-bond acceptors (Lipinski definition) is 3. The number of carbonyl (C=O) groups is 2. The Balaban J connectivity index is 1.59. The number of anilines is 1. The third kappa shape index (κ3) is 1.75. The summed E-state index contributed by atoms with van der Waals surface area (Å²) in [6.45, 7) is 0. The smallest absolute Gasteiger partial charge is 0.238 e. The Morgan fingerprint density at radius 3 is 1.43 bits per heavy atom. The van der Waals surface area contributed by atoms with Crippen LogP contribution in [0.25, 0.3) is 0 Å². The number of para-hydroxylation sites is 2. The molecular weight excluding hydrogens is 350 g/mol. The number of benzene rings is 3. The number of imide groups is 1. The molecule has 136 valence electrons. The van der Waals surface area contributed by atoms with Crippen LogP contribution >= 0.6 is 0 Å². The Labute approximate surface area is 162 Å². The summed E-state index contributed by atoms with van der Waals surface area (Å²) in [5.74, 6) is -1.59. The zero-order chi connectivity index (χ0) is 19.0. The van der Waals surface area contributed by atoms with E-state index in [1.165, 1.54) is 11.0 Å². The van der Waals surface area contributed by atoms with E-state index in [1.54, 1.807) is 18.2 Å². The van der Waals surface area contributed by atoms with Gasteiger partial charge in [-0.05, 0) is 34.4 Å². The molecule has 2 bridgehead atoms. The van der Waals surface area contributed by atoms with Crippen molar-refractivity contribution in [1.29, 1.82) is 0 Å². The lowest BCUT2D eigenvalue weighted by Crippen LogP contribution is -2.41. The summed E-state index contributed by atoms with van der Waals surface area (Å²) in [4.78, 5) is 28.2. The lowest BCUT2D eigenvalue weighted by molar-refractivity contribution is -0.122. The highest BCUT2D eigenvalue weighted by Gasteiger charge is 2.61. The zero-order valence-corrected chi connectivity index (χ0v) is 14.9. The number of rotatable bonds is 1. The van der Waals surface area contributed by atoms with Gasteiger partial charge in [-0.1, -0.05) is 60.7 Å². The van der Waals surface area contributed by atoms with Crippen molar-refractivity contribution in [2.45, 2.75) is 11.8 Å². The van der Waals surface area contributed by atoms with Gasteiger partial charge in [0.15, 0.2) is 0 Å². The summed E-state index contributed by atoms with van der Waals surface area (Å²) >= 11 is 0. The number of phenols is 1. The van der Waals surface area contributed by atoms with Gasteiger partial charge >= 0.3 is 0 Å². The maximum absolute atomic E-state index is 13.5. The fourth-order valence-electron chi connectivity index (χ4n) is 5.57. The minimum atomic E-state index is -0.429. The summed E-state index contributed by atoms with van der Waals surface area (Å²) in [6.07, 6.45) is 0. The summed E-state index contributed by atoms with van der Waals surface area (Å²) in [5, 5.41) is 10.3. The monoisotopic (exact) mass is 367 g/mol. The predicted molar refractivity (Wildman–Crippen MR) is 104 cm³/mol. The molecular formula is C24H17NO3. The van der Waals surface area contributed by atoms with Crippen molar-refractivity contribution in [1.82, 2.24) is 0 Å². The van der Waals surface area contributed by atoms with Gasteiger partial charge in [-0.2, -0.15) is 0 Å². The van der Waals surface area contributed by atoms with Crippen LogP contribution in [0, 0.1) is 11.8 Å². The second-order valence-electron chi connectivity index (χ2n) is 7.77. The van der Waals surface area contributed by atoms with Crippen LogP contribution in [-0.2, 0) is 9.59 Å². The number of nitrogens with zero attached hydrogens (tertiary/aromatic N) is 1. The Hall–Kier alpha value is -3.40. The SMILES string of the molecule is O=C1[C@@H]2C3c4ccccc4C(c4ccccc43)[C@H]2C(=O)N1c1ccccc1O. The largest absolute Gasteiger partial charge is 0.506 e. The lowest BCUT2D eigenvalue weighted by atomic mass is 9.55. The minimum Gasteiger partial charge on any atom is -0.506 e. The molecule has 3 aromatic carbocycles. The fourth-order valence-corrected chi connectivity index (χ4v) is 5.57. The van der Waals surface area contributed by atoms with E-state index in [1.807, 2.05) is 24.3 Å². The van der Waals surface area contributed by atoms with Gasteiger partial charge in [0.05, 0.1) is 17.5 Å². The molecule has 4 heteroatoms. The van der Waals surface area contributed by atoms with E-state index in [-0.39, 0.29) is 35.1 Å². The number of carbonyl (C=O) groups excluding carboxylic acids is 2. The molecule has 2 atom stereocenters. The van der Waals surface area contributed by atoms with E-state index >= 15 is 0 Å². The van der Waals surface area contributed by atoms with Gasteiger partial charge in [0.1, 0.15) is 5.75 Å². The molecule has 1 aliphatic heterocycles. The normalized spacial score (nSPS) is 26.8. The highest BCUT2D eigenvalue weighted by molar-refractivity contribution is 6.24. The molecule has 3 aliphatic carbocycles. The van der Waals surface area contributed by atoms with Gasteiger partial charge in [0.25, 0.3) is 0 Å². The predicted octanol–water partition coefficient (Wildman–Crippen LogP) is 3.79. The van der Waals surface area contributed by atoms with E-state index in [9.17, 15) is 14.7 Å². The topological polar surface area (TPSA) is 57.6 Å². The molecule has 1 N–H and O–H groups in total. The van der Waals surface area contributed by atoms with Crippen LogP contribution in [-0.4, -0.2) is 16.9 Å². The Bertz CT molecular complexity index is 1050. The molecule has 1 saturated heterocycles. The number of phenolic OH excluding ortho intramolecular Hbond substituents is 1. The van der Waals surface area contributed by atoms with Crippen LogP contribution in [0.15, 0.2) is 72.8 Å². The van der Waals surface area contributed by atoms with Crippen LogP contribution in [0.1, 0.15) is 34.1 Å². The van der Waals surface area contributed by atoms with Crippen LogP contribution in [0.5, 0.6) is 5.75 Å². The van der Waals surface area contributed by atoms with Crippen molar-refractivity contribution in [2.24, 2.45) is 11.8 Å². The number of hydrogen-bond donors (Lipinski definition) is 1. The molecule has 28 heavy (non-hydrogen) atoms. The van der Waals surface area contributed by atoms with Gasteiger partial charge in [-0.15, -0.1) is 0 Å². The Morgan fingerprint density at radius 1 is 0.607 bits per heavy atom. The summed E-state index contributed by atoms with van der Waals surface area (Å²) in [6, 6.07) is 22.9. The van der Waals surface area contributed by atoms with Gasteiger partial charge in [0.2, 0.25) is 11.8 Å². The van der Waals surface area contributed by atoms with Crippen LogP contribution in [0.3, 0.4) is 0 Å². The van der Waals surface area contributed by atoms with Crippen LogP contribution < -0.4 is 4.90 Å². The second kappa shape index (κ2) is 5.32. The van der Waals surface area contributed by atoms with Gasteiger partial charge < -0.3 is 5.11 Å². The first kappa shape index (κ1) is 15.6. The molecule has 0 radical (unpaired) electrons. The Kier molecular flexibility index (Phi) is 2.97. The van der Waals surface area contributed by atoms with Crippen LogP contribution in [0.4, 0.5) is 5.69 Å². The zero-order valence-electron chi connectivity index (χ0n) is 14.9. The first-order chi connectivity index (χ1) is 13.7. The average molecular weight is 367 g/mol. The van der Waals surface area contributed by atoms with Crippen molar-refractivity contribution in [3.05, 3.63) is 95.1 Å². The number of amides is 2. The molecule has 2 amide bonds. The van der Waals surface area contributed by atoms with Gasteiger partial charge in [0, 0.05) is 11.8 Å². The quantitative estimate of drug-likeness (QED) is 0.666. The summed E-state index contributed by atoms with van der Waals surface area (Å²) in [5.41, 5.74) is 4.86. The third-order valence-corrected chi connectivity index (χ3v) is 6.57. The molecule has 1 fully saturated rings. The average Bonchev–Trinajstić information content (AvgIpc) is 2.99. The summed E-state index contributed by atoms with van der Waals surface area (Å²) < 4.78 is 0. The van der Waals surface area contributed by atoms with Crippen molar-refractivity contribution in [2.75, 3.05) is 4.90 Å². The molecule has 4 aliphatic rings. The maximum atomic E-state index is 13.5. The van der Waals surface area contributed by atoms with Crippen molar-refractivity contribution >= 4 is 17.5 Å². The lowest BCUT2D eigenvalue weighted by Gasteiger charge is -2.45. The molecule has 1 heterocycles. The Morgan fingerprint density at radius 2 is 1.00 bits per heavy atom. The maximum Gasteiger partial charge on any atom is 0.238 e. The second-order valence-corrected chi connectivity index (χ2v) is 7.77. The number of aromatic hydroxyl groups is 1. The third-order valence-electron chi connectivity index (χ3n) is 6.57. The van der Waals surface area contributed by atoms with E-state index < -0.39 is 11.8 Å². The van der Waals surface area contributed by atoms with Crippen molar-refractivity contribution in [3.63, 3.8) is 0 Å². The van der Waals surface area contributed by atoms with Gasteiger partial charge in [-0.25, -0.2) is 4.90 Å². The standard InChI is InChI=1S/C24H17NO3/c26-18-12-6-5-11-17(18)25-23(27)21-19-13-7-1-2-8-14(13)20(22(21)24(25)28)16-10-4-3-9-15(16)19/h1-12,19-22,26H/t19?,20?,21-,22-/m1/s1. The highest BCUT2D eigenvalue weighted by atomic mass is 16.3.